The third kappa shape index (κ3) is 3.01. The molecule has 2 heteroatoms. The fraction of sp³-hybridized carbons (Fsp3) is 0.111. The standard InChI is InChI=1S/C18H14O2/c1-3-18(19,14-13-15-7-5-4-6-8-15)16-9-11-17(20-2)12-10-16/h1,4-12,19H,2H3. The minimum atomic E-state index is -1.61. The summed E-state index contributed by atoms with van der Waals surface area (Å²) < 4.78 is 5.08. The Bertz CT molecular complexity index is 669. The molecule has 0 fully saturated rings. The molecule has 0 aliphatic carbocycles. The highest BCUT2D eigenvalue weighted by atomic mass is 16.5. The van der Waals surface area contributed by atoms with Gasteiger partial charge >= 0.3 is 0 Å². The van der Waals surface area contributed by atoms with Gasteiger partial charge in [-0.15, -0.1) is 6.42 Å². The average Bonchev–Trinajstić information content (AvgIpc) is 2.53. The molecule has 2 nitrogen and oxygen atoms in total. The monoisotopic (exact) mass is 262 g/mol. The highest BCUT2D eigenvalue weighted by Gasteiger charge is 2.23. The zero-order valence-electron chi connectivity index (χ0n) is 11.1. The smallest absolute Gasteiger partial charge is 0.214 e. The molecule has 98 valence electrons. The molecule has 0 aliphatic heterocycles. The van der Waals surface area contributed by atoms with Crippen LogP contribution in [0, 0.1) is 24.2 Å². The van der Waals surface area contributed by atoms with Gasteiger partial charge in [0.25, 0.3) is 0 Å². The van der Waals surface area contributed by atoms with E-state index >= 15 is 0 Å². The van der Waals surface area contributed by atoms with Gasteiger partial charge in [-0.3, -0.25) is 0 Å². The van der Waals surface area contributed by atoms with E-state index in [4.69, 9.17) is 11.2 Å². The molecule has 2 rings (SSSR count). The average molecular weight is 262 g/mol. The van der Waals surface area contributed by atoms with Crippen LogP contribution in [0.4, 0.5) is 0 Å². The van der Waals surface area contributed by atoms with E-state index in [1.54, 1.807) is 31.4 Å². The van der Waals surface area contributed by atoms with Crippen LogP contribution < -0.4 is 4.74 Å². The van der Waals surface area contributed by atoms with E-state index in [-0.39, 0.29) is 0 Å². The summed E-state index contributed by atoms with van der Waals surface area (Å²) in [4.78, 5) is 0. The van der Waals surface area contributed by atoms with Crippen LogP contribution in [0.2, 0.25) is 0 Å². The van der Waals surface area contributed by atoms with Crippen LogP contribution in [0.5, 0.6) is 5.75 Å². The number of methoxy groups -OCH3 is 1. The summed E-state index contributed by atoms with van der Waals surface area (Å²) in [6.07, 6.45) is 5.44. The number of rotatable bonds is 2. The third-order valence-corrected chi connectivity index (χ3v) is 2.88. The van der Waals surface area contributed by atoms with Gasteiger partial charge in [0.2, 0.25) is 5.60 Å². The Kier molecular flexibility index (Phi) is 4.11. The van der Waals surface area contributed by atoms with Crippen LogP contribution in [-0.2, 0) is 5.60 Å². The zero-order valence-corrected chi connectivity index (χ0v) is 11.1. The van der Waals surface area contributed by atoms with E-state index in [1.165, 1.54) is 0 Å². The topological polar surface area (TPSA) is 29.5 Å². The molecule has 0 saturated carbocycles. The second-order valence-electron chi connectivity index (χ2n) is 4.20. The van der Waals surface area contributed by atoms with E-state index in [9.17, 15) is 5.11 Å². The molecule has 0 spiro atoms. The molecule has 0 saturated heterocycles. The molecule has 0 radical (unpaired) electrons. The number of benzene rings is 2. The van der Waals surface area contributed by atoms with Crippen molar-refractivity contribution in [3.63, 3.8) is 0 Å². The van der Waals surface area contributed by atoms with Crippen LogP contribution >= 0.6 is 0 Å². The van der Waals surface area contributed by atoms with Crippen LogP contribution in [0.25, 0.3) is 0 Å². The molecule has 2 aromatic carbocycles. The molecule has 0 heterocycles. The molecule has 20 heavy (non-hydrogen) atoms. The van der Waals surface area contributed by atoms with E-state index < -0.39 is 5.60 Å². The molecule has 0 aromatic heterocycles. The number of terminal acetylenes is 1. The summed E-state index contributed by atoms with van der Waals surface area (Å²) in [6.45, 7) is 0. The van der Waals surface area contributed by atoms with Gasteiger partial charge in [0.1, 0.15) is 5.75 Å². The summed E-state index contributed by atoms with van der Waals surface area (Å²) in [7, 11) is 1.58. The van der Waals surface area contributed by atoms with Crippen molar-refractivity contribution >= 4 is 0 Å². The fourth-order valence-electron chi connectivity index (χ4n) is 1.71. The maximum atomic E-state index is 10.5. The van der Waals surface area contributed by atoms with Crippen molar-refractivity contribution in [2.24, 2.45) is 0 Å². The fourth-order valence-corrected chi connectivity index (χ4v) is 1.71. The largest absolute Gasteiger partial charge is 0.497 e. The first-order chi connectivity index (χ1) is 9.68. The first-order valence-corrected chi connectivity index (χ1v) is 6.11. The summed E-state index contributed by atoms with van der Waals surface area (Å²) in [5, 5.41) is 10.5. The van der Waals surface area contributed by atoms with Crippen molar-refractivity contribution in [2.45, 2.75) is 5.60 Å². The van der Waals surface area contributed by atoms with Gasteiger partial charge in [-0.25, -0.2) is 0 Å². The molecule has 0 amide bonds. The maximum absolute atomic E-state index is 10.5. The van der Waals surface area contributed by atoms with Crippen LogP contribution in [-0.4, -0.2) is 12.2 Å². The Morgan fingerprint density at radius 2 is 1.70 bits per heavy atom. The Hall–Kier alpha value is -2.68. The summed E-state index contributed by atoms with van der Waals surface area (Å²) >= 11 is 0. The molecular weight excluding hydrogens is 248 g/mol. The van der Waals surface area contributed by atoms with Gasteiger partial charge in [0.15, 0.2) is 0 Å². The normalized spacial score (nSPS) is 12.4. The first kappa shape index (κ1) is 13.7. The zero-order chi connectivity index (χ0) is 14.4. The number of ether oxygens (including phenoxy) is 1. The number of aliphatic hydroxyl groups is 1. The van der Waals surface area contributed by atoms with Crippen LogP contribution in [0.15, 0.2) is 54.6 Å². The molecule has 1 unspecified atom stereocenters. The van der Waals surface area contributed by atoms with E-state index in [0.717, 1.165) is 5.56 Å². The summed E-state index contributed by atoms with van der Waals surface area (Å²) in [6, 6.07) is 16.3. The van der Waals surface area contributed by atoms with E-state index in [0.29, 0.717) is 11.3 Å². The second-order valence-corrected chi connectivity index (χ2v) is 4.20. The summed E-state index contributed by atoms with van der Waals surface area (Å²) in [5.41, 5.74) is -0.263. The third-order valence-electron chi connectivity index (χ3n) is 2.88. The van der Waals surface area contributed by atoms with Gasteiger partial charge < -0.3 is 9.84 Å². The van der Waals surface area contributed by atoms with Crippen molar-refractivity contribution in [2.75, 3.05) is 7.11 Å². The Morgan fingerprint density at radius 1 is 1.05 bits per heavy atom. The molecular formula is C18H14O2. The van der Waals surface area contributed by atoms with E-state index in [1.807, 2.05) is 30.3 Å². The Balaban J connectivity index is 2.34. The first-order valence-electron chi connectivity index (χ1n) is 6.11. The minimum Gasteiger partial charge on any atom is -0.497 e. The van der Waals surface area contributed by atoms with Gasteiger partial charge in [-0.1, -0.05) is 42.2 Å². The Morgan fingerprint density at radius 3 is 2.25 bits per heavy atom. The molecule has 0 aliphatic rings. The quantitative estimate of drug-likeness (QED) is 0.843. The van der Waals surface area contributed by atoms with Gasteiger partial charge in [-0.2, -0.15) is 0 Å². The molecule has 1 atom stereocenters. The summed E-state index contributed by atoms with van der Waals surface area (Å²) in [5.74, 6) is 8.68. The highest BCUT2D eigenvalue weighted by Crippen LogP contribution is 2.22. The minimum absolute atomic E-state index is 0.546. The van der Waals surface area contributed by atoms with Crippen LogP contribution in [0.1, 0.15) is 11.1 Å². The molecule has 2 aromatic rings. The lowest BCUT2D eigenvalue weighted by molar-refractivity contribution is 0.165. The number of hydrogen-bond donors (Lipinski definition) is 1. The lowest BCUT2D eigenvalue weighted by Gasteiger charge is -2.16. The van der Waals surface area contributed by atoms with Crippen molar-refractivity contribution in [3.05, 3.63) is 65.7 Å². The SMILES string of the molecule is C#CC(O)(C#Cc1ccccc1)c1ccc(OC)cc1. The highest BCUT2D eigenvalue weighted by molar-refractivity contribution is 5.46. The van der Waals surface area contributed by atoms with Crippen molar-refractivity contribution in [1.82, 2.24) is 0 Å². The second kappa shape index (κ2) is 5.97. The lowest BCUT2D eigenvalue weighted by Crippen LogP contribution is -2.20. The van der Waals surface area contributed by atoms with Crippen LogP contribution in [0.3, 0.4) is 0 Å². The van der Waals surface area contributed by atoms with Gasteiger partial charge in [0, 0.05) is 11.1 Å². The maximum Gasteiger partial charge on any atom is 0.214 e. The number of hydrogen-bond acceptors (Lipinski definition) is 2. The van der Waals surface area contributed by atoms with Gasteiger partial charge in [-0.05, 0) is 30.2 Å². The van der Waals surface area contributed by atoms with Crippen molar-refractivity contribution in [1.29, 1.82) is 0 Å². The molecule has 0 bridgehead atoms. The predicted octanol–water partition coefficient (Wildman–Crippen LogP) is 2.57. The van der Waals surface area contributed by atoms with Crippen molar-refractivity contribution < 1.29 is 9.84 Å². The van der Waals surface area contributed by atoms with Gasteiger partial charge in [0.05, 0.1) is 7.11 Å². The predicted molar refractivity (Wildman–Crippen MR) is 79.0 cm³/mol. The molecule has 1 N–H and O–H groups in total. The van der Waals surface area contributed by atoms with Crippen molar-refractivity contribution in [3.8, 4) is 29.9 Å². The Labute approximate surface area is 119 Å². The van der Waals surface area contributed by atoms with E-state index in [2.05, 4.69) is 17.8 Å². The lowest BCUT2D eigenvalue weighted by atomic mass is 9.95.